The van der Waals surface area contributed by atoms with Crippen LogP contribution in [0.5, 0.6) is 5.75 Å². The SMILES string of the molecule is CCNC(=NCCc1ccc(C)c(OC)c1)N1CCC2(CCOC2)C1.I. The van der Waals surface area contributed by atoms with Crippen molar-refractivity contribution in [2.45, 2.75) is 33.1 Å². The maximum absolute atomic E-state index is 5.64. The first-order valence-electron chi connectivity index (χ1n) is 9.40. The molecule has 5 nitrogen and oxygen atoms in total. The van der Waals surface area contributed by atoms with Gasteiger partial charge in [0.05, 0.1) is 13.7 Å². The van der Waals surface area contributed by atoms with Gasteiger partial charge in [-0.25, -0.2) is 0 Å². The number of nitrogens with one attached hydrogen (secondary N) is 1. The molecule has 26 heavy (non-hydrogen) atoms. The molecule has 146 valence electrons. The van der Waals surface area contributed by atoms with Crippen LogP contribution in [0.2, 0.25) is 0 Å². The van der Waals surface area contributed by atoms with Crippen LogP contribution in [0.3, 0.4) is 0 Å². The average molecular weight is 473 g/mol. The molecule has 6 heteroatoms. The summed E-state index contributed by atoms with van der Waals surface area (Å²) >= 11 is 0. The van der Waals surface area contributed by atoms with E-state index in [0.29, 0.717) is 5.41 Å². The molecule has 1 aromatic rings. The molecule has 3 rings (SSSR count). The lowest BCUT2D eigenvalue weighted by molar-refractivity contribution is 0.156. The van der Waals surface area contributed by atoms with Crippen molar-refractivity contribution in [3.63, 3.8) is 0 Å². The summed E-state index contributed by atoms with van der Waals surface area (Å²) in [5.74, 6) is 2.00. The standard InChI is InChI=1S/C20H31N3O2.HI/c1-4-21-19(23-11-8-20(14-23)9-12-25-15-20)22-10-7-17-6-5-16(2)18(13-17)24-3;/h5-6,13H,4,7-12,14-15H2,1-3H3,(H,21,22);1H. The van der Waals surface area contributed by atoms with Crippen molar-refractivity contribution in [2.75, 3.05) is 46.5 Å². The van der Waals surface area contributed by atoms with Crippen molar-refractivity contribution in [2.24, 2.45) is 10.4 Å². The van der Waals surface area contributed by atoms with Crippen LogP contribution in [0.25, 0.3) is 0 Å². The number of aryl methyl sites for hydroxylation is 1. The number of nitrogens with zero attached hydrogens (tertiary/aromatic N) is 2. The van der Waals surface area contributed by atoms with Crippen LogP contribution in [-0.4, -0.2) is 57.4 Å². The third kappa shape index (κ3) is 5.03. The lowest BCUT2D eigenvalue weighted by atomic mass is 9.87. The van der Waals surface area contributed by atoms with E-state index < -0.39 is 0 Å². The summed E-state index contributed by atoms with van der Waals surface area (Å²) in [7, 11) is 1.73. The number of halogens is 1. The summed E-state index contributed by atoms with van der Waals surface area (Å²) in [6.07, 6.45) is 3.33. The van der Waals surface area contributed by atoms with Crippen molar-refractivity contribution in [3.05, 3.63) is 29.3 Å². The van der Waals surface area contributed by atoms with Gasteiger partial charge in [-0.2, -0.15) is 0 Å². The minimum Gasteiger partial charge on any atom is -0.496 e. The molecule has 1 N–H and O–H groups in total. The molecular formula is C20H32IN3O2. The smallest absolute Gasteiger partial charge is 0.193 e. The maximum Gasteiger partial charge on any atom is 0.193 e. The largest absolute Gasteiger partial charge is 0.496 e. The van der Waals surface area contributed by atoms with Gasteiger partial charge in [-0.05, 0) is 50.3 Å². The zero-order chi connectivity index (χ0) is 17.7. The second kappa shape index (κ2) is 9.78. The number of hydrogen-bond donors (Lipinski definition) is 1. The monoisotopic (exact) mass is 473 g/mol. The van der Waals surface area contributed by atoms with Gasteiger partial charge in [-0.1, -0.05) is 12.1 Å². The van der Waals surface area contributed by atoms with Crippen molar-refractivity contribution < 1.29 is 9.47 Å². The van der Waals surface area contributed by atoms with Gasteiger partial charge in [-0.15, -0.1) is 24.0 Å². The first kappa shape index (κ1) is 21.3. The van der Waals surface area contributed by atoms with E-state index in [9.17, 15) is 0 Å². The number of hydrogen-bond acceptors (Lipinski definition) is 3. The number of guanidine groups is 1. The van der Waals surface area contributed by atoms with Gasteiger partial charge >= 0.3 is 0 Å². The van der Waals surface area contributed by atoms with E-state index in [0.717, 1.165) is 57.5 Å². The maximum atomic E-state index is 5.64. The van der Waals surface area contributed by atoms with E-state index in [1.807, 2.05) is 0 Å². The van der Waals surface area contributed by atoms with Gasteiger partial charge in [0.2, 0.25) is 0 Å². The van der Waals surface area contributed by atoms with Crippen LogP contribution in [0, 0.1) is 12.3 Å². The Hall–Kier alpha value is -1.02. The van der Waals surface area contributed by atoms with Gasteiger partial charge in [0.1, 0.15) is 5.75 Å². The Morgan fingerprint density at radius 3 is 2.92 bits per heavy atom. The molecule has 1 spiro atoms. The number of benzene rings is 1. The van der Waals surface area contributed by atoms with Gasteiger partial charge in [-0.3, -0.25) is 4.99 Å². The molecule has 2 aliphatic heterocycles. The van der Waals surface area contributed by atoms with Gasteiger partial charge in [0.15, 0.2) is 5.96 Å². The zero-order valence-corrected chi connectivity index (χ0v) is 18.5. The lowest BCUT2D eigenvalue weighted by Crippen LogP contribution is -2.41. The highest BCUT2D eigenvalue weighted by atomic mass is 127. The number of likely N-dealkylation sites (tertiary alicyclic amines) is 1. The van der Waals surface area contributed by atoms with Crippen molar-refractivity contribution >= 4 is 29.9 Å². The van der Waals surface area contributed by atoms with E-state index >= 15 is 0 Å². The molecule has 1 atom stereocenters. The van der Waals surface area contributed by atoms with Crippen LogP contribution in [0.1, 0.15) is 30.9 Å². The summed E-state index contributed by atoms with van der Waals surface area (Å²) in [6.45, 7) is 9.85. The number of ether oxygens (including phenoxy) is 2. The van der Waals surface area contributed by atoms with Gasteiger partial charge < -0.3 is 19.7 Å². The van der Waals surface area contributed by atoms with E-state index in [4.69, 9.17) is 14.5 Å². The molecule has 0 saturated carbocycles. The predicted octanol–water partition coefficient (Wildman–Crippen LogP) is 3.24. The van der Waals surface area contributed by atoms with Crippen LogP contribution in [0.4, 0.5) is 0 Å². The molecule has 2 saturated heterocycles. The summed E-state index contributed by atoms with van der Waals surface area (Å²) < 4.78 is 11.1. The summed E-state index contributed by atoms with van der Waals surface area (Å²) in [4.78, 5) is 7.28. The van der Waals surface area contributed by atoms with Crippen LogP contribution in [-0.2, 0) is 11.2 Å². The number of rotatable bonds is 5. The Labute approximate surface area is 174 Å². The zero-order valence-electron chi connectivity index (χ0n) is 16.2. The molecule has 0 aliphatic carbocycles. The van der Waals surface area contributed by atoms with Crippen LogP contribution < -0.4 is 10.1 Å². The Balaban J connectivity index is 0.00000243. The van der Waals surface area contributed by atoms with Gasteiger partial charge in [0.25, 0.3) is 0 Å². The summed E-state index contributed by atoms with van der Waals surface area (Å²) in [5, 5.41) is 3.46. The number of aliphatic imine (C=N–C) groups is 1. The average Bonchev–Trinajstić information content (AvgIpc) is 3.26. The fourth-order valence-electron chi connectivity index (χ4n) is 3.82. The minimum atomic E-state index is 0. The summed E-state index contributed by atoms with van der Waals surface area (Å²) in [6, 6.07) is 6.41. The lowest BCUT2D eigenvalue weighted by Gasteiger charge is -2.25. The van der Waals surface area contributed by atoms with E-state index in [1.165, 1.54) is 24.0 Å². The Morgan fingerprint density at radius 2 is 2.23 bits per heavy atom. The Kier molecular flexibility index (Phi) is 8.01. The highest BCUT2D eigenvalue weighted by Gasteiger charge is 2.42. The Bertz CT molecular complexity index is 615. The molecule has 2 aliphatic rings. The van der Waals surface area contributed by atoms with E-state index in [1.54, 1.807) is 7.11 Å². The Morgan fingerprint density at radius 1 is 1.38 bits per heavy atom. The van der Waals surface area contributed by atoms with E-state index in [2.05, 4.69) is 42.3 Å². The molecule has 0 bridgehead atoms. The highest BCUT2D eigenvalue weighted by molar-refractivity contribution is 14.0. The molecule has 1 aromatic carbocycles. The van der Waals surface area contributed by atoms with Crippen LogP contribution in [0.15, 0.2) is 23.2 Å². The molecular weight excluding hydrogens is 441 g/mol. The molecule has 0 amide bonds. The van der Waals surface area contributed by atoms with E-state index in [-0.39, 0.29) is 24.0 Å². The van der Waals surface area contributed by atoms with Crippen molar-refractivity contribution in [1.29, 1.82) is 0 Å². The second-order valence-electron chi connectivity index (χ2n) is 7.26. The fourth-order valence-corrected chi connectivity index (χ4v) is 3.82. The molecule has 0 radical (unpaired) electrons. The fraction of sp³-hybridized carbons (Fsp3) is 0.650. The topological polar surface area (TPSA) is 46.1 Å². The molecule has 1 unspecified atom stereocenters. The molecule has 2 fully saturated rings. The highest BCUT2D eigenvalue weighted by Crippen LogP contribution is 2.38. The second-order valence-corrected chi connectivity index (χ2v) is 7.26. The number of methoxy groups -OCH3 is 1. The first-order chi connectivity index (χ1) is 12.2. The molecule has 0 aromatic heterocycles. The molecule has 2 heterocycles. The normalized spacial score (nSPS) is 22.6. The van der Waals surface area contributed by atoms with Gasteiger partial charge in [0, 0.05) is 38.2 Å². The first-order valence-corrected chi connectivity index (χ1v) is 9.40. The van der Waals surface area contributed by atoms with Crippen molar-refractivity contribution in [1.82, 2.24) is 10.2 Å². The summed E-state index contributed by atoms with van der Waals surface area (Å²) in [5.41, 5.74) is 2.80. The quantitative estimate of drug-likeness (QED) is 0.405. The minimum absolute atomic E-state index is 0. The predicted molar refractivity (Wildman–Crippen MR) is 117 cm³/mol. The third-order valence-electron chi connectivity index (χ3n) is 5.39. The third-order valence-corrected chi connectivity index (χ3v) is 5.39. The van der Waals surface area contributed by atoms with Crippen molar-refractivity contribution in [3.8, 4) is 5.75 Å². The van der Waals surface area contributed by atoms with Crippen LogP contribution >= 0.6 is 24.0 Å².